The van der Waals surface area contributed by atoms with Crippen molar-refractivity contribution in [3.05, 3.63) is 12.2 Å². The van der Waals surface area contributed by atoms with Gasteiger partial charge >= 0.3 is 0 Å². The highest BCUT2D eigenvalue weighted by Crippen LogP contribution is 2.53. The van der Waals surface area contributed by atoms with Crippen LogP contribution in [0.2, 0.25) is 0 Å². The molecule has 0 spiro atoms. The van der Waals surface area contributed by atoms with E-state index in [-0.39, 0.29) is 10.8 Å². The quantitative estimate of drug-likeness (QED) is 0.334. The highest BCUT2D eigenvalue weighted by atomic mass is 35.5. The lowest BCUT2D eigenvalue weighted by Crippen LogP contribution is -2.33. The van der Waals surface area contributed by atoms with Gasteiger partial charge in [0.25, 0.3) is 0 Å². The first-order valence-corrected chi connectivity index (χ1v) is 4.41. The molecule has 0 aromatic carbocycles. The van der Waals surface area contributed by atoms with E-state index >= 15 is 0 Å². The number of hydrogen-bond donors (Lipinski definition) is 0. The van der Waals surface area contributed by atoms with Crippen LogP contribution in [0.1, 0.15) is 13.3 Å². The van der Waals surface area contributed by atoms with Crippen LogP contribution in [0, 0.1) is 17.3 Å². The molecule has 0 aromatic heterocycles. The summed E-state index contributed by atoms with van der Waals surface area (Å²) in [6, 6.07) is 0. The molecule has 2 bridgehead atoms. The van der Waals surface area contributed by atoms with Crippen LogP contribution in [0.15, 0.2) is 12.2 Å². The molecule has 1 fully saturated rings. The molecule has 4 atom stereocenters. The molecule has 0 heterocycles. The summed E-state index contributed by atoms with van der Waals surface area (Å²) in [6.45, 7) is 1.96. The third-order valence-electron chi connectivity index (χ3n) is 3.14. The summed E-state index contributed by atoms with van der Waals surface area (Å²) in [5.74, 6) is 0.837. The van der Waals surface area contributed by atoms with E-state index in [1.165, 1.54) is 0 Å². The number of fused-ring (bicyclic) bond motifs is 2. The van der Waals surface area contributed by atoms with Crippen molar-refractivity contribution >= 4 is 17.9 Å². The molecule has 0 aromatic rings. The fourth-order valence-corrected chi connectivity index (χ4v) is 2.62. The van der Waals surface area contributed by atoms with Crippen LogP contribution < -0.4 is 0 Å². The largest absolute Gasteiger partial charge is 0.303 e. The number of alkyl halides is 1. The zero-order valence-corrected chi connectivity index (χ0v) is 7.21. The first-order chi connectivity index (χ1) is 5.18. The summed E-state index contributed by atoms with van der Waals surface area (Å²) in [5, 5.41) is 0.0231. The summed E-state index contributed by atoms with van der Waals surface area (Å²) in [4.78, 5) is 10.8. The predicted octanol–water partition coefficient (Wildman–Crippen LogP) is 2.00. The van der Waals surface area contributed by atoms with Gasteiger partial charge in [-0.05, 0) is 18.3 Å². The van der Waals surface area contributed by atoms with Gasteiger partial charge in [-0.1, -0.05) is 19.1 Å². The minimum atomic E-state index is -0.291. The van der Waals surface area contributed by atoms with E-state index in [1.807, 2.05) is 6.92 Å². The second-order valence-electron chi connectivity index (χ2n) is 3.78. The average molecular weight is 171 g/mol. The van der Waals surface area contributed by atoms with E-state index in [1.54, 1.807) is 0 Å². The normalized spacial score (nSPS) is 53.5. The molecule has 60 valence electrons. The van der Waals surface area contributed by atoms with Crippen molar-refractivity contribution in [2.24, 2.45) is 17.3 Å². The maximum Gasteiger partial charge on any atom is 0.127 e. The van der Waals surface area contributed by atoms with E-state index in [9.17, 15) is 4.79 Å². The Morgan fingerprint density at radius 3 is 2.73 bits per heavy atom. The van der Waals surface area contributed by atoms with Crippen LogP contribution >= 0.6 is 11.6 Å². The number of carbonyl (C=O) groups is 1. The standard InChI is InChI=1S/C9H11ClO/c1-9(5-11)7-3-2-6(4-7)8(9)10/h2-3,5-8H,4H2,1H3/t6-,7+,8+,9+/m0/s1. The number of halogens is 1. The minimum absolute atomic E-state index is 0.0231. The zero-order chi connectivity index (χ0) is 8.06. The second-order valence-corrected chi connectivity index (χ2v) is 4.25. The number of rotatable bonds is 1. The van der Waals surface area contributed by atoms with Crippen molar-refractivity contribution in [3.63, 3.8) is 0 Å². The van der Waals surface area contributed by atoms with Crippen molar-refractivity contribution in [3.8, 4) is 0 Å². The van der Waals surface area contributed by atoms with Gasteiger partial charge in [0.2, 0.25) is 0 Å². The lowest BCUT2D eigenvalue weighted by molar-refractivity contribution is -0.116. The molecule has 2 heteroatoms. The van der Waals surface area contributed by atoms with Crippen molar-refractivity contribution < 1.29 is 4.79 Å². The number of carbonyl (C=O) groups excluding carboxylic acids is 1. The molecule has 2 aliphatic rings. The van der Waals surface area contributed by atoms with Crippen molar-refractivity contribution in [2.75, 3.05) is 0 Å². The molecule has 2 rings (SSSR count). The van der Waals surface area contributed by atoms with Crippen molar-refractivity contribution in [1.29, 1.82) is 0 Å². The van der Waals surface area contributed by atoms with E-state index < -0.39 is 0 Å². The molecule has 0 amide bonds. The smallest absolute Gasteiger partial charge is 0.127 e. The summed E-state index contributed by atoms with van der Waals surface area (Å²) < 4.78 is 0. The van der Waals surface area contributed by atoms with Gasteiger partial charge in [-0.25, -0.2) is 0 Å². The fraction of sp³-hybridized carbons (Fsp3) is 0.667. The van der Waals surface area contributed by atoms with Crippen LogP contribution in [-0.4, -0.2) is 11.7 Å². The van der Waals surface area contributed by atoms with Gasteiger partial charge < -0.3 is 4.79 Å². The third kappa shape index (κ3) is 0.750. The Labute approximate surface area is 71.4 Å². The molecular formula is C9H11ClO. The SMILES string of the molecule is C[C@@]1(C=O)[C@@H]2C=C[C@@H](C2)[C@H]1Cl. The van der Waals surface area contributed by atoms with Crippen LogP contribution in [0.25, 0.3) is 0 Å². The Kier molecular flexibility index (Phi) is 1.40. The summed E-state index contributed by atoms with van der Waals surface area (Å²) in [6.07, 6.45) is 6.38. The van der Waals surface area contributed by atoms with Gasteiger partial charge in [0.1, 0.15) is 6.29 Å². The average Bonchev–Trinajstić information content (AvgIpc) is 2.56. The van der Waals surface area contributed by atoms with E-state index in [0.717, 1.165) is 12.7 Å². The fourth-order valence-electron chi connectivity index (χ4n) is 2.22. The maximum atomic E-state index is 10.8. The topological polar surface area (TPSA) is 17.1 Å². The van der Waals surface area contributed by atoms with Gasteiger partial charge in [-0.3, -0.25) is 0 Å². The lowest BCUT2D eigenvalue weighted by atomic mass is 9.79. The monoisotopic (exact) mass is 170 g/mol. The molecular weight excluding hydrogens is 160 g/mol. The van der Waals surface area contributed by atoms with Crippen LogP contribution in [0.5, 0.6) is 0 Å². The predicted molar refractivity (Wildman–Crippen MR) is 44.5 cm³/mol. The second kappa shape index (κ2) is 2.10. The maximum absolute atomic E-state index is 10.8. The molecule has 0 saturated heterocycles. The molecule has 0 unspecified atom stereocenters. The van der Waals surface area contributed by atoms with Crippen molar-refractivity contribution in [1.82, 2.24) is 0 Å². The molecule has 1 nitrogen and oxygen atoms in total. The Morgan fingerprint density at radius 2 is 2.36 bits per heavy atom. The van der Waals surface area contributed by atoms with Gasteiger partial charge in [0.05, 0.1) is 5.38 Å². The molecule has 1 saturated carbocycles. The summed E-state index contributed by atoms with van der Waals surface area (Å²) in [5.41, 5.74) is -0.291. The van der Waals surface area contributed by atoms with Gasteiger partial charge in [-0.15, -0.1) is 11.6 Å². The minimum Gasteiger partial charge on any atom is -0.303 e. The number of hydrogen-bond acceptors (Lipinski definition) is 1. The van der Waals surface area contributed by atoms with Crippen molar-refractivity contribution in [2.45, 2.75) is 18.7 Å². The number of allylic oxidation sites excluding steroid dienone is 2. The zero-order valence-electron chi connectivity index (χ0n) is 6.46. The highest BCUT2D eigenvalue weighted by molar-refractivity contribution is 6.22. The summed E-state index contributed by atoms with van der Waals surface area (Å²) >= 11 is 6.13. The molecule has 11 heavy (non-hydrogen) atoms. The van der Waals surface area contributed by atoms with E-state index in [2.05, 4.69) is 12.2 Å². The molecule has 0 aliphatic heterocycles. The van der Waals surface area contributed by atoms with Gasteiger partial charge in [-0.2, -0.15) is 0 Å². The van der Waals surface area contributed by atoms with Crippen LogP contribution in [-0.2, 0) is 4.79 Å². The van der Waals surface area contributed by atoms with Crippen LogP contribution in [0.4, 0.5) is 0 Å². The van der Waals surface area contributed by atoms with Crippen LogP contribution in [0.3, 0.4) is 0 Å². The Morgan fingerprint density at radius 1 is 1.64 bits per heavy atom. The number of aldehydes is 1. The van der Waals surface area contributed by atoms with E-state index in [4.69, 9.17) is 11.6 Å². The molecule has 0 N–H and O–H groups in total. The summed E-state index contributed by atoms with van der Waals surface area (Å²) in [7, 11) is 0. The highest BCUT2D eigenvalue weighted by Gasteiger charge is 2.52. The lowest BCUT2D eigenvalue weighted by Gasteiger charge is -2.29. The Balaban J connectivity index is 2.38. The van der Waals surface area contributed by atoms with Gasteiger partial charge in [0, 0.05) is 5.41 Å². The Hall–Kier alpha value is -0.300. The first kappa shape index (κ1) is 7.35. The Bertz CT molecular complexity index is 224. The molecule has 2 aliphatic carbocycles. The molecule has 0 radical (unpaired) electrons. The first-order valence-electron chi connectivity index (χ1n) is 3.97. The third-order valence-corrected chi connectivity index (χ3v) is 3.93. The van der Waals surface area contributed by atoms with E-state index in [0.29, 0.717) is 11.8 Å². The van der Waals surface area contributed by atoms with Gasteiger partial charge in [0.15, 0.2) is 0 Å².